The number of rotatable bonds is 18. The van der Waals surface area contributed by atoms with Gasteiger partial charge in [-0.15, -0.1) is 0 Å². The predicted molar refractivity (Wildman–Crippen MR) is 217 cm³/mol. The van der Waals surface area contributed by atoms with Crippen molar-refractivity contribution in [3.63, 3.8) is 0 Å². The number of aromatic nitrogens is 4. The van der Waals surface area contributed by atoms with Gasteiger partial charge in [0.2, 0.25) is 11.5 Å². The van der Waals surface area contributed by atoms with Gasteiger partial charge in [-0.25, -0.2) is 24.4 Å². The molecule has 2 amide bonds. The molecule has 0 bridgehead atoms. The molecule has 2 atom stereocenters. The molecule has 2 aromatic rings. The van der Waals surface area contributed by atoms with Gasteiger partial charge in [-0.05, 0) is 80.1 Å². The predicted octanol–water partition coefficient (Wildman–Crippen LogP) is 2.70. The highest BCUT2D eigenvalue weighted by Crippen LogP contribution is 2.27. The zero-order valence-electron chi connectivity index (χ0n) is 36.4. The molecular weight excluding hydrogens is 853 g/mol. The smallest absolute Gasteiger partial charge is 0.410 e. The fourth-order valence-corrected chi connectivity index (χ4v) is 5.91. The van der Waals surface area contributed by atoms with Crippen LogP contribution in [0.3, 0.4) is 0 Å². The van der Waals surface area contributed by atoms with E-state index in [1.807, 2.05) is 0 Å². The summed E-state index contributed by atoms with van der Waals surface area (Å²) >= 11 is 0. The fraction of sp³-hybridized carbons (Fsp3) is 0.667. The summed E-state index contributed by atoms with van der Waals surface area (Å²) in [7, 11) is -3.77. The highest BCUT2D eigenvalue weighted by molar-refractivity contribution is 7.86. The van der Waals surface area contributed by atoms with Crippen LogP contribution < -0.4 is 15.3 Å². The minimum Gasteiger partial charge on any atom is -0.501 e. The lowest BCUT2D eigenvalue weighted by molar-refractivity contribution is 0.0190. The van der Waals surface area contributed by atoms with E-state index in [4.69, 9.17) is 18.8 Å². The molecule has 0 aliphatic rings. The fourth-order valence-electron chi connectivity index (χ4n) is 5.04. The van der Waals surface area contributed by atoms with E-state index in [9.17, 15) is 50.7 Å². The molecule has 2 unspecified atom stereocenters. The average molecular weight is 911 g/mol. The standard InChI is InChI=1S/C19H31N3O10S2.C17H27N3O7/c1-12(23)14-15(32-34(7,28)29)17(24)21-16(20-14)13(10-8-9-11-30-33(6,26)27)22(5)18(25)31-19(2,3)4;1-17(2,3)27-16(25)20(4)10(8-6-7-9-21)13-18-11(15(24)26-5)12(22)14(23)19-13/h13H,8-11H2,1-7H3,(H,20,21,24);10,21-22H,6-9H2,1-5H3,(H,18,19,23). The van der Waals surface area contributed by atoms with E-state index in [-0.39, 0.29) is 31.3 Å². The van der Waals surface area contributed by atoms with Gasteiger partial charge >= 0.3 is 28.3 Å². The number of aliphatic hydroxyl groups is 1. The number of aromatic hydroxyl groups is 1. The first-order valence-corrected chi connectivity index (χ1v) is 22.3. The summed E-state index contributed by atoms with van der Waals surface area (Å²) in [4.78, 5) is 88.8. The van der Waals surface area contributed by atoms with Crippen molar-refractivity contribution < 1.29 is 68.8 Å². The number of aliphatic hydroxyl groups excluding tert-OH is 1. The Morgan fingerprint density at radius 3 is 1.57 bits per heavy atom. The number of amides is 2. The Kier molecular flexibility index (Phi) is 20.0. The second-order valence-electron chi connectivity index (χ2n) is 15.6. The highest BCUT2D eigenvalue weighted by Gasteiger charge is 2.32. The second kappa shape index (κ2) is 22.6. The monoisotopic (exact) mass is 910 g/mol. The molecule has 61 heavy (non-hydrogen) atoms. The van der Waals surface area contributed by atoms with Gasteiger partial charge in [0.25, 0.3) is 21.2 Å². The van der Waals surface area contributed by atoms with Gasteiger partial charge < -0.3 is 48.4 Å². The van der Waals surface area contributed by atoms with E-state index in [0.717, 1.165) is 20.3 Å². The van der Waals surface area contributed by atoms with E-state index < -0.39 is 101 Å². The van der Waals surface area contributed by atoms with Crippen molar-refractivity contribution in [2.45, 2.75) is 110 Å². The van der Waals surface area contributed by atoms with Crippen LogP contribution in [0.2, 0.25) is 0 Å². The van der Waals surface area contributed by atoms with Gasteiger partial charge in [-0.2, -0.15) is 16.8 Å². The lowest BCUT2D eigenvalue weighted by Gasteiger charge is -2.30. The number of carbonyl (C=O) groups is 4. The van der Waals surface area contributed by atoms with Crippen LogP contribution >= 0.6 is 0 Å². The lowest BCUT2D eigenvalue weighted by Crippen LogP contribution is -2.38. The number of H-pyrrole nitrogens is 2. The first kappa shape index (κ1) is 53.9. The van der Waals surface area contributed by atoms with E-state index in [1.54, 1.807) is 41.5 Å². The topological polar surface area (TPSA) is 321 Å². The maximum Gasteiger partial charge on any atom is 0.410 e. The number of ketones is 1. The third kappa shape index (κ3) is 19.0. The van der Waals surface area contributed by atoms with Crippen molar-refractivity contribution in [1.29, 1.82) is 0 Å². The Balaban J connectivity index is 0.000000626. The SMILES string of the molecule is CC(=O)c1nc(C(CCCCOS(C)(=O)=O)N(C)C(=O)OC(C)(C)C)[nH]c(=O)c1OS(C)(=O)=O.COC(=O)c1nc(C(CCCCO)N(C)C(=O)OC(C)(C)C)[nH]c(=O)c1O. The van der Waals surface area contributed by atoms with Gasteiger partial charge in [-0.3, -0.25) is 18.6 Å². The second-order valence-corrected chi connectivity index (χ2v) is 18.8. The quantitative estimate of drug-likeness (QED) is 0.0549. The molecule has 2 aromatic heterocycles. The van der Waals surface area contributed by atoms with Crippen molar-refractivity contribution in [2.24, 2.45) is 0 Å². The number of ether oxygens (including phenoxy) is 3. The number of unbranched alkanes of at least 4 members (excludes halogenated alkanes) is 2. The molecule has 346 valence electrons. The van der Waals surface area contributed by atoms with Crippen molar-refractivity contribution in [1.82, 2.24) is 29.7 Å². The number of carbonyl (C=O) groups excluding carboxylic acids is 4. The molecule has 0 aliphatic carbocycles. The molecule has 0 radical (unpaired) electrons. The summed E-state index contributed by atoms with van der Waals surface area (Å²) in [5.74, 6) is -3.45. The molecule has 0 fully saturated rings. The average Bonchev–Trinajstić information content (AvgIpc) is 3.10. The van der Waals surface area contributed by atoms with Gasteiger partial charge in [0.15, 0.2) is 17.2 Å². The molecule has 25 heteroatoms. The van der Waals surface area contributed by atoms with Crippen LogP contribution in [-0.4, -0.2) is 139 Å². The molecule has 0 aromatic carbocycles. The number of hydrogen-bond donors (Lipinski definition) is 4. The summed E-state index contributed by atoms with van der Waals surface area (Å²) in [5, 5.41) is 18.8. The molecule has 0 saturated heterocycles. The number of esters is 1. The summed E-state index contributed by atoms with van der Waals surface area (Å²) in [5.41, 5.74) is -4.56. The molecule has 0 spiro atoms. The summed E-state index contributed by atoms with van der Waals surface area (Å²) in [6.45, 7) is 11.1. The molecule has 0 aliphatic heterocycles. The highest BCUT2D eigenvalue weighted by atomic mass is 32.2. The van der Waals surface area contributed by atoms with Crippen molar-refractivity contribution >= 4 is 44.2 Å². The molecule has 0 saturated carbocycles. The maximum atomic E-state index is 12.7. The van der Waals surface area contributed by atoms with Crippen LogP contribution in [0.25, 0.3) is 0 Å². The van der Waals surface area contributed by atoms with E-state index in [2.05, 4.69) is 28.9 Å². The number of nitrogens with one attached hydrogen (secondary N) is 2. The van der Waals surface area contributed by atoms with Crippen molar-refractivity contribution in [3.8, 4) is 11.5 Å². The first-order valence-electron chi connectivity index (χ1n) is 18.6. The first-order chi connectivity index (χ1) is 27.8. The van der Waals surface area contributed by atoms with Crippen LogP contribution in [0.15, 0.2) is 9.59 Å². The molecule has 23 nitrogen and oxygen atoms in total. The van der Waals surface area contributed by atoms with Crippen LogP contribution in [-0.2, 0) is 38.6 Å². The molecule has 2 rings (SSSR count). The largest absolute Gasteiger partial charge is 0.501 e. The minimum absolute atomic E-state index is 0.00417. The Hall–Kier alpha value is -5.14. The summed E-state index contributed by atoms with van der Waals surface area (Å²) in [6.07, 6.45) is 2.39. The number of hydrogen-bond acceptors (Lipinski definition) is 19. The minimum atomic E-state index is -4.13. The van der Waals surface area contributed by atoms with Crippen LogP contribution in [0.1, 0.15) is 132 Å². The van der Waals surface area contributed by atoms with E-state index in [1.165, 1.54) is 23.9 Å². The Morgan fingerprint density at radius 2 is 1.18 bits per heavy atom. The summed E-state index contributed by atoms with van der Waals surface area (Å²) < 4.78 is 69.8. The number of nitrogens with zero attached hydrogens (tertiary/aromatic N) is 4. The zero-order chi connectivity index (χ0) is 47.3. The Bertz CT molecular complexity index is 2190. The van der Waals surface area contributed by atoms with Gasteiger partial charge in [-0.1, -0.05) is 0 Å². The lowest BCUT2D eigenvalue weighted by atomic mass is 10.1. The Morgan fingerprint density at radius 1 is 0.738 bits per heavy atom. The molecule has 4 N–H and O–H groups in total. The normalized spacial score (nSPS) is 12.9. The van der Waals surface area contributed by atoms with Gasteiger partial charge in [0, 0.05) is 27.6 Å². The van der Waals surface area contributed by atoms with Crippen molar-refractivity contribution in [3.05, 3.63) is 43.7 Å². The van der Waals surface area contributed by atoms with Crippen LogP contribution in [0.5, 0.6) is 11.5 Å². The number of methoxy groups -OCH3 is 1. The summed E-state index contributed by atoms with van der Waals surface area (Å²) in [6, 6.07) is -1.66. The number of Topliss-reactive ketones (excluding diaryl/α,β-unsaturated/α-hetero) is 1. The maximum absolute atomic E-state index is 12.7. The van der Waals surface area contributed by atoms with Gasteiger partial charge in [0.1, 0.15) is 22.9 Å². The number of aromatic amines is 2. The molecule has 2 heterocycles. The van der Waals surface area contributed by atoms with Crippen LogP contribution in [0.4, 0.5) is 9.59 Å². The van der Waals surface area contributed by atoms with E-state index in [0.29, 0.717) is 38.4 Å². The Labute approximate surface area is 354 Å². The van der Waals surface area contributed by atoms with Crippen molar-refractivity contribution in [2.75, 3.05) is 46.9 Å². The zero-order valence-corrected chi connectivity index (χ0v) is 38.1. The van der Waals surface area contributed by atoms with Crippen LogP contribution in [0, 0.1) is 0 Å². The molecular formula is C36H58N6O17S2. The third-order valence-corrected chi connectivity index (χ3v) is 8.80. The van der Waals surface area contributed by atoms with Gasteiger partial charge in [0.05, 0.1) is 38.3 Å². The van der Waals surface area contributed by atoms with E-state index >= 15 is 0 Å². The third-order valence-electron chi connectivity index (χ3n) is 7.74.